The number of benzene rings is 1. The first-order valence-electron chi connectivity index (χ1n) is 10.5. The summed E-state index contributed by atoms with van der Waals surface area (Å²) in [6, 6.07) is 6.59. The van der Waals surface area contributed by atoms with E-state index in [1.165, 1.54) is 24.5 Å². The zero-order chi connectivity index (χ0) is 23.7. The molecule has 0 bridgehead atoms. The highest BCUT2D eigenvalue weighted by molar-refractivity contribution is 7.09. The van der Waals surface area contributed by atoms with E-state index in [-0.39, 0.29) is 23.1 Å². The zero-order valence-electron chi connectivity index (χ0n) is 18.0. The molecule has 8 nitrogen and oxygen atoms in total. The number of methoxy groups -OCH3 is 1. The largest absolute Gasteiger partial charge is 0.496 e. The molecule has 0 unspecified atom stereocenters. The number of rotatable bonds is 9. The van der Waals surface area contributed by atoms with Gasteiger partial charge in [0.2, 0.25) is 0 Å². The lowest BCUT2D eigenvalue weighted by Crippen LogP contribution is -2.26. The van der Waals surface area contributed by atoms with Crippen molar-refractivity contribution in [2.75, 3.05) is 7.11 Å². The highest BCUT2D eigenvalue weighted by Crippen LogP contribution is 2.37. The van der Waals surface area contributed by atoms with Gasteiger partial charge in [0.15, 0.2) is 0 Å². The molecule has 5 rings (SSSR count). The second-order valence-electron chi connectivity index (χ2n) is 7.63. The van der Waals surface area contributed by atoms with Crippen LogP contribution in [0.2, 0.25) is 0 Å². The second-order valence-corrected chi connectivity index (χ2v) is 8.61. The van der Waals surface area contributed by atoms with Crippen LogP contribution in [0.25, 0.3) is 16.9 Å². The van der Waals surface area contributed by atoms with E-state index in [0.29, 0.717) is 29.3 Å². The van der Waals surface area contributed by atoms with Crippen LogP contribution in [0.1, 0.15) is 28.2 Å². The first kappa shape index (κ1) is 22.1. The van der Waals surface area contributed by atoms with Gasteiger partial charge in [-0.1, -0.05) is 0 Å². The molecule has 34 heavy (non-hydrogen) atoms. The topological polar surface area (TPSA) is 87.0 Å². The minimum Gasteiger partial charge on any atom is -0.496 e. The van der Waals surface area contributed by atoms with Crippen LogP contribution in [0.15, 0.2) is 48.2 Å². The minimum absolute atomic E-state index is 0.0436. The maximum Gasteiger partial charge on any atom is 0.387 e. The van der Waals surface area contributed by atoms with Crippen molar-refractivity contribution in [3.8, 4) is 28.5 Å². The maximum atomic E-state index is 13.2. The van der Waals surface area contributed by atoms with Gasteiger partial charge in [0.05, 0.1) is 19.0 Å². The van der Waals surface area contributed by atoms with Crippen LogP contribution >= 0.6 is 11.3 Å². The Morgan fingerprint density at radius 2 is 2.09 bits per heavy atom. The molecule has 0 saturated heterocycles. The molecule has 1 aromatic carbocycles. The van der Waals surface area contributed by atoms with Gasteiger partial charge in [-0.25, -0.2) is 9.97 Å². The van der Waals surface area contributed by atoms with Gasteiger partial charge in [0, 0.05) is 35.4 Å². The van der Waals surface area contributed by atoms with Crippen LogP contribution in [0, 0.1) is 0 Å². The predicted octanol–water partition coefficient (Wildman–Crippen LogP) is 4.54. The third-order valence-electron chi connectivity index (χ3n) is 5.27. The molecular weight excluding hydrogens is 466 g/mol. The molecule has 3 heterocycles. The van der Waals surface area contributed by atoms with E-state index in [2.05, 4.69) is 15.3 Å². The summed E-state index contributed by atoms with van der Waals surface area (Å²) >= 11 is 1.50. The van der Waals surface area contributed by atoms with Crippen LogP contribution in [0.5, 0.6) is 17.2 Å². The molecule has 3 aromatic heterocycles. The van der Waals surface area contributed by atoms with Gasteiger partial charge in [-0.3, -0.25) is 9.20 Å². The van der Waals surface area contributed by atoms with Crippen molar-refractivity contribution in [1.29, 1.82) is 0 Å². The van der Waals surface area contributed by atoms with Crippen molar-refractivity contribution in [1.82, 2.24) is 19.7 Å². The molecule has 11 heteroatoms. The summed E-state index contributed by atoms with van der Waals surface area (Å²) in [5, 5.41) is 5.53. The molecule has 4 aromatic rings. The Morgan fingerprint density at radius 3 is 2.79 bits per heavy atom. The number of nitrogens with zero attached hydrogens (tertiary/aromatic N) is 3. The van der Waals surface area contributed by atoms with Crippen molar-refractivity contribution >= 4 is 22.9 Å². The fourth-order valence-corrected chi connectivity index (χ4v) is 4.06. The van der Waals surface area contributed by atoms with Crippen molar-refractivity contribution in [3.05, 3.63) is 58.8 Å². The van der Waals surface area contributed by atoms with Crippen molar-refractivity contribution in [2.24, 2.45) is 0 Å². The Morgan fingerprint density at radius 1 is 1.26 bits per heavy atom. The number of pyridine rings is 1. The number of hydrogen-bond acceptors (Lipinski definition) is 7. The third kappa shape index (κ3) is 4.65. The van der Waals surface area contributed by atoms with E-state index < -0.39 is 12.5 Å². The highest BCUT2D eigenvalue weighted by atomic mass is 32.1. The molecule has 0 aliphatic heterocycles. The predicted molar refractivity (Wildman–Crippen MR) is 121 cm³/mol. The normalized spacial score (nSPS) is 13.3. The van der Waals surface area contributed by atoms with Crippen LogP contribution in [0.3, 0.4) is 0 Å². The Bertz CT molecular complexity index is 1320. The van der Waals surface area contributed by atoms with Crippen LogP contribution in [-0.4, -0.2) is 40.0 Å². The van der Waals surface area contributed by atoms with Gasteiger partial charge in [-0.15, -0.1) is 11.3 Å². The Kier molecular flexibility index (Phi) is 6.01. The van der Waals surface area contributed by atoms with E-state index in [9.17, 15) is 13.6 Å². The fraction of sp³-hybridized carbons (Fsp3) is 0.261. The van der Waals surface area contributed by atoms with E-state index in [0.717, 1.165) is 17.8 Å². The number of carbonyl (C=O) groups is 1. The third-order valence-corrected chi connectivity index (χ3v) is 6.02. The van der Waals surface area contributed by atoms with Gasteiger partial charge >= 0.3 is 6.61 Å². The smallest absolute Gasteiger partial charge is 0.387 e. The average molecular weight is 487 g/mol. The molecule has 1 amide bonds. The molecule has 0 spiro atoms. The lowest BCUT2D eigenvalue weighted by Gasteiger charge is -2.16. The number of nitrogens with one attached hydrogen (secondary N) is 1. The summed E-state index contributed by atoms with van der Waals surface area (Å²) in [5.74, 6) is -0.0292. The molecular formula is C23H20F2N4O4S. The monoisotopic (exact) mass is 486 g/mol. The van der Waals surface area contributed by atoms with Gasteiger partial charge in [-0.05, 0) is 31.0 Å². The number of halogens is 2. The van der Waals surface area contributed by atoms with Gasteiger partial charge in [0.25, 0.3) is 5.91 Å². The number of alkyl halides is 2. The molecule has 1 aliphatic carbocycles. The first-order valence-corrected chi connectivity index (χ1v) is 11.4. The van der Waals surface area contributed by atoms with Gasteiger partial charge in [0.1, 0.15) is 40.1 Å². The number of fused-ring (bicyclic) bond motifs is 1. The summed E-state index contributed by atoms with van der Waals surface area (Å²) in [6.45, 7) is -2.76. The lowest BCUT2D eigenvalue weighted by molar-refractivity contribution is -0.0502. The quantitative estimate of drug-likeness (QED) is 0.374. The second kappa shape index (κ2) is 9.26. The average Bonchev–Trinajstić information content (AvgIpc) is 3.30. The van der Waals surface area contributed by atoms with Crippen LogP contribution < -0.4 is 19.5 Å². The highest BCUT2D eigenvalue weighted by Gasteiger charge is 2.29. The Balaban J connectivity index is 1.49. The van der Waals surface area contributed by atoms with E-state index in [1.54, 1.807) is 41.2 Å². The van der Waals surface area contributed by atoms with Gasteiger partial charge < -0.3 is 19.5 Å². The standard InChI is InChI=1S/C23H20F2N4O4S/c1-31-17-8-13(9-18(33-23(24)25)21(17)22(30)28-14-2-3-14)16-11-27-19-10-15(4-6-29(16)19)32-12-20-26-5-7-34-20/h4-11,14,23H,2-3,12H2,1H3,(H,28,30). The molecule has 1 saturated carbocycles. The summed E-state index contributed by atoms with van der Waals surface area (Å²) in [4.78, 5) is 21.3. The summed E-state index contributed by atoms with van der Waals surface area (Å²) < 4.78 is 44.0. The number of ether oxygens (including phenoxy) is 3. The molecule has 1 fully saturated rings. The molecule has 0 radical (unpaired) electrons. The summed E-state index contributed by atoms with van der Waals surface area (Å²) in [6.07, 6.45) is 6.80. The molecule has 1 aliphatic rings. The first-order chi connectivity index (χ1) is 16.5. The number of aromatic nitrogens is 3. The number of imidazole rings is 1. The lowest BCUT2D eigenvalue weighted by atomic mass is 10.1. The zero-order valence-corrected chi connectivity index (χ0v) is 18.9. The Hall–Kier alpha value is -3.73. The number of hydrogen-bond donors (Lipinski definition) is 1. The van der Waals surface area contributed by atoms with Crippen LogP contribution in [0.4, 0.5) is 8.78 Å². The van der Waals surface area contributed by atoms with Crippen molar-refractivity contribution in [3.63, 3.8) is 0 Å². The summed E-state index contributed by atoms with van der Waals surface area (Å²) in [7, 11) is 1.37. The SMILES string of the molecule is COc1cc(-c2cnc3cc(OCc4nccs4)ccn23)cc(OC(F)F)c1C(=O)NC1CC1. The number of thiazole rings is 1. The molecule has 1 N–H and O–H groups in total. The summed E-state index contributed by atoms with van der Waals surface area (Å²) in [5.41, 5.74) is 1.63. The number of carbonyl (C=O) groups excluding carboxylic acids is 1. The van der Waals surface area contributed by atoms with Crippen LogP contribution in [-0.2, 0) is 6.61 Å². The number of amides is 1. The molecule has 0 atom stereocenters. The fourth-order valence-electron chi connectivity index (χ4n) is 3.53. The minimum atomic E-state index is -3.10. The van der Waals surface area contributed by atoms with E-state index in [4.69, 9.17) is 14.2 Å². The van der Waals surface area contributed by atoms with E-state index >= 15 is 0 Å². The maximum absolute atomic E-state index is 13.2. The Labute approximate surface area is 197 Å². The van der Waals surface area contributed by atoms with Crippen molar-refractivity contribution < 1.29 is 27.8 Å². The van der Waals surface area contributed by atoms with E-state index in [1.807, 2.05) is 5.38 Å². The van der Waals surface area contributed by atoms with Gasteiger partial charge in [-0.2, -0.15) is 8.78 Å². The van der Waals surface area contributed by atoms with Crippen molar-refractivity contribution in [2.45, 2.75) is 32.1 Å². The molecule has 176 valence electrons.